The second-order valence-corrected chi connectivity index (χ2v) is 11.4. The van der Waals surface area contributed by atoms with Crippen molar-refractivity contribution >= 4 is 17.5 Å². The van der Waals surface area contributed by atoms with Crippen molar-refractivity contribution in [1.82, 2.24) is 0 Å². The lowest BCUT2D eigenvalue weighted by molar-refractivity contribution is -0.214. The van der Waals surface area contributed by atoms with E-state index in [4.69, 9.17) is 18.9 Å². The van der Waals surface area contributed by atoms with E-state index in [1.54, 1.807) is 23.9 Å². The first-order chi connectivity index (χ1) is 20.6. The summed E-state index contributed by atoms with van der Waals surface area (Å²) in [6.45, 7) is 0.322. The number of hydrogen-bond acceptors (Lipinski definition) is 7. The van der Waals surface area contributed by atoms with Crippen LogP contribution in [0.25, 0.3) is 0 Å². The first-order valence-corrected chi connectivity index (χ1v) is 14.8. The summed E-state index contributed by atoms with van der Waals surface area (Å²) in [5.74, 6) is 0.476. The summed E-state index contributed by atoms with van der Waals surface area (Å²) in [6.07, 6.45) is 0.930. The van der Waals surface area contributed by atoms with Crippen LogP contribution < -0.4 is 4.74 Å². The Morgan fingerprint density at radius 3 is 2.19 bits per heavy atom. The number of rotatable bonds is 10. The lowest BCUT2D eigenvalue weighted by Crippen LogP contribution is -2.65. The van der Waals surface area contributed by atoms with Crippen LogP contribution in [0.2, 0.25) is 0 Å². The van der Waals surface area contributed by atoms with Gasteiger partial charge in [0.15, 0.2) is 5.60 Å². The standard InChI is InChI=1S/C35H32O6S/c1-38-29-19-11-18-28-31(29)32(36)35(37)30(20-21-42-27-16-9-4-10-17-27)40-24-34(35,41-23-26-14-7-3-8-15-26)33(28)39-22-25-12-5-2-6-13-25/h2-20,33,37H,21-24H2,1H3/b30-20+/t33-,34-,35+/m1/s1. The topological polar surface area (TPSA) is 74.2 Å². The second-order valence-electron chi connectivity index (χ2n) is 10.3. The van der Waals surface area contributed by atoms with Crippen LogP contribution in [-0.4, -0.2) is 41.6 Å². The maximum atomic E-state index is 14.5. The van der Waals surface area contributed by atoms with Crippen molar-refractivity contribution in [3.63, 3.8) is 0 Å². The fourth-order valence-corrected chi connectivity index (χ4v) is 6.48. The molecule has 0 aromatic heterocycles. The van der Waals surface area contributed by atoms with Gasteiger partial charge in [-0.3, -0.25) is 4.79 Å². The van der Waals surface area contributed by atoms with Crippen molar-refractivity contribution in [3.05, 3.63) is 143 Å². The number of thioether (sulfide) groups is 1. The van der Waals surface area contributed by atoms with E-state index in [0.29, 0.717) is 17.1 Å². The van der Waals surface area contributed by atoms with E-state index in [1.807, 2.05) is 103 Å². The lowest BCUT2D eigenvalue weighted by atomic mass is 9.66. The molecule has 42 heavy (non-hydrogen) atoms. The van der Waals surface area contributed by atoms with Gasteiger partial charge in [-0.05, 0) is 41.0 Å². The zero-order chi connectivity index (χ0) is 29.0. The quantitative estimate of drug-likeness (QED) is 0.214. The number of fused-ring (bicyclic) bond motifs is 2. The first kappa shape index (κ1) is 28.2. The maximum Gasteiger partial charge on any atom is 0.220 e. The molecule has 6 nitrogen and oxygen atoms in total. The fourth-order valence-electron chi connectivity index (χ4n) is 5.71. The average Bonchev–Trinajstić information content (AvgIpc) is 3.34. The zero-order valence-corrected chi connectivity index (χ0v) is 24.1. The molecule has 4 aromatic rings. The second kappa shape index (κ2) is 12.2. The van der Waals surface area contributed by atoms with E-state index >= 15 is 0 Å². The van der Waals surface area contributed by atoms with Crippen molar-refractivity contribution in [2.75, 3.05) is 19.5 Å². The van der Waals surface area contributed by atoms with Crippen LogP contribution in [0.15, 0.2) is 126 Å². The Labute approximate surface area is 249 Å². The molecule has 1 N–H and O–H groups in total. The van der Waals surface area contributed by atoms with Gasteiger partial charge in [-0.25, -0.2) is 0 Å². The van der Waals surface area contributed by atoms with Crippen molar-refractivity contribution in [3.8, 4) is 5.75 Å². The Morgan fingerprint density at radius 2 is 1.52 bits per heavy atom. The van der Waals surface area contributed by atoms with Crippen LogP contribution in [-0.2, 0) is 27.4 Å². The van der Waals surface area contributed by atoms with Gasteiger partial charge in [0.05, 0.1) is 25.9 Å². The molecule has 0 saturated carbocycles. The zero-order valence-electron chi connectivity index (χ0n) is 23.3. The molecule has 0 radical (unpaired) electrons. The minimum absolute atomic E-state index is 0.0694. The average molecular weight is 581 g/mol. The number of aliphatic hydroxyl groups is 1. The predicted octanol–water partition coefficient (Wildman–Crippen LogP) is 6.54. The van der Waals surface area contributed by atoms with E-state index in [1.165, 1.54) is 7.11 Å². The number of hydrogen-bond donors (Lipinski definition) is 1. The summed E-state index contributed by atoms with van der Waals surface area (Å²) in [4.78, 5) is 15.6. The van der Waals surface area contributed by atoms with Crippen LogP contribution >= 0.6 is 11.8 Å². The molecule has 0 unspecified atom stereocenters. The minimum atomic E-state index is -2.15. The third kappa shape index (κ3) is 5.03. The van der Waals surface area contributed by atoms with E-state index in [9.17, 15) is 9.90 Å². The van der Waals surface area contributed by atoms with Crippen molar-refractivity contribution in [2.24, 2.45) is 0 Å². The molecular formula is C35H32O6S. The van der Waals surface area contributed by atoms with Gasteiger partial charge in [0.25, 0.3) is 0 Å². The van der Waals surface area contributed by atoms with E-state index in [-0.39, 0.29) is 31.1 Å². The summed E-state index contributed by atoms with van der Waals surface area (Å²) >= 11 is 1.58. The molecule has 1 aliphatic heterocycles. The van der Waals surface area contributed by atoms with Crippen LogP contribution in [0.4, 0.5) is 0 Å². The normalized spacial score (nSPS) is 23.7. The highest BCUT2D eigenvalue weighted by Gasteiger charge is 2.72. The highest BCUT2D eigenvalue weighted by Crippen LogP contribution is 2.57. The third-order valence-electron chi connectivity index (χ3n) is 7.81. The Bertz CT molecular complexity index is 1560. The molecular weight excluding hydrogens is 548 g/mol. The monoisotopic (exact) mass is 580 g/mol. The van der Waals surface area contributed by atoms with Gasteiger partial charge in [0.1, 0.15) is 24.2 Å². The molecule has 1 fully saturated rings. The highest BCUT2D eigenvalue weighted by molar-refractivity contribution is 7.99. The molecule has 2 aliphatic rings. The van der Waals surface area contributed by atoms with E-state index in [0.717, 1.165) is 16.0 Å². The molecule has 3 atom stereocenters. The van der Waals surface area contributed by atoms with Crippen LogP contribution in [0.5, 0.6) is 5.75 Å². The summed E-state index contributed by atoms with van der Waals surface area (Å²) in [5, 5.41) is 12.7. The Kier molecular flexibility index (Phi) is 8.18. The number of carbonyl (C=O) groups is 1. The number of benzene rings is 4. The molecule has 1 saturated heterocycles. The van der Waals surface area contributed by atoms with Gasteiger partial charge >= 0.3 is 0 Å². The number of ether oxygens (including phenoxy) is 4. The van der Waals surface area contributed by atoms with Crippen LogP contribution in [0.1, 0.15) is 33.2 Å². The summed E-state index contributed by atoms with van der Waals surface area (Å²) in [7, 11) is 1.51. The molecule has 6 rings (SSSR count). The van der Waals surface area contributed by atoms with Gasteiger partial charge in [0.2, 0.25) is 11.4 Å². The molecule has 0 bridgehead atoms. The predicted molar refractivity (Wildman–Crippen MR) is 161 cm³/mol. The molecule has 214 valence electrons. The number of methoxy groups -OCH3 is 1. The molecule has 7 heteroatoms. The van der Waals surface area contributed by atoms with Crippen molar-refractivity contribution in [2.45, 2.75) is 35.4 Å². The SMILES string of the molecule is COc1cccc2c1C(=O)[C@@]1(O)/C(=C\CSc3ccccc3)OC[C@@]1(OCc1ccccc1)[C@@H]2OCc1ccccc1. The molecule has 1 aliphatic carbocycles. The summed E-state index contributed by atoms with van der Waals surface area (Å²) in [5.41, 5.74) is -0.992. The molecule has 4 aromatic carbocycles. The van der Waals surface area contributed by atoms with Crippen molar-refractivity contribution in [1.29, 1.82) is 0 Å². The van der Waals surface area contributed by atoms with Gasteiger partial charge in [-0.2, -0.15) is 0 Å². The minimum Gasteiger partial charge on any atom is -0.496 e. The van der Waals surface area contributed by atoms with Gasteiger partial charge in [-0.1, -0.05) is 91.0 Å². The van der Waals surface area contributed by atoms with E-state index < -0.39 is 23.1 Å². The maximum absolute atomic E-state index is 14.5. The highest BCUT2D eigenvalue weighted by atomic mass is 32.2. The Balaban J connectivity index is 1.45. The Morgan fingerprint density at radius 1 is 0.881 bits per heavy atom. The van der Waals surface area contributed by atoms with Crippen LogP contribution in [0, 0.1) is 0 Å². The first-order valence-electron chi connectivity index (χ1n) is 13.9. The Hall–Kier alpha value is -3.88. The van der Waals surface area contributed by atoms with Crippen LogP contribution in [0.3, 0.4) is 0 Å². The fraction of sp³-hybridized carbons (Fsp3) is 0.229. The largest absolute Gasteiger partial charge is 0.496 e. The lowest BCUT2D eigenvalue weighted by Gasteiger charge is -2.47. The molecule has 1 heterocycles. The molecule has 0 spiro atoms. The van der Waals surface area contributed by atoms with E-state index in [2.05, 4.69) is 0 Å². The van der Waals surface area contributed by atoms with Gasteiger partial charge in [-0.15, -0.1) is 11.8 Å². The summed E-state index contributed by atoms with van der Waals surface area (Å²) in [6, 6.07) is 34.8. The number of carbonyl (C=O) groups excluding carboxylic acids is 1. The van der Waals surface area contributed by atoms with Gasteiger partial charge < -0.3 is 24.1 Å². The van der Waals surface area contributed by atoms with Crippen molar-refractivity contribution < 1.29 is 28.8 Å². The summed E-state index contributed by atoms with van der Waals surface area (Å²) < 4.78 is 25.2. The number of ketones is 1. The van der Waals surface area contributed by atoms with Gasteiger partial charge in [0, 0.05) is 10.6 Å². The molecule has 0 amide bonds. The number of Topliss-reactive ketones (excluding diaryl/α,β-unsaturated/α-hetero) is 1. The smallest absolute Gasteiger partial charge is 0.220 e. The third-order valence-corrected chi connectivity index (χ3v) is 8.75.